The van der Waals surface area contributed by atoms with E-state index >= 15 is 0 Å². The molecule has 0 saturated heterocycles. The predicted octanol–water partition coefficient (Wildman–Crippen LogP) is 4.04. The van der Waals surface area contributed by atoms with Crippen LogP contribution in [0.15, 0.2) is 18.2 Å². The highest BCUT2D eigenvalue weighted by atomic mass is 32.1. The number of benzene rings is 1. The van der Waals surface area contributed by atoms with Crippen molar-refractivity contribution < 1.29 is 9.18 Å². The van der Waals surface area contributed by atoms with Crippen LogP contribution in [-0.2, 0) is 0 Å². The Bertz CT molecular complexity index is 681. The van der Waals surface area contributed by atoms with Crippen LogP contribution in [0.4, 0.5) is 4.39 Å². The monoisotopic (exact) mass is 306 g/mol. The highest BCUT2D eigenvalue weighted by Gasteiger charge is 2.22. The molecule has 0 aliphatic rings. The number of carbonyl (C=O) groups is 1. The minimum atomic E-state index is -0.355. The van der Waals surface area contributed by atoms with Crippen molar-refractivity contribution in [2.75, 3.05) is 7.05 Å². The lowest BCUT2D eigenvalue weighted by atomic mass is 10.1. The van der Waals surface area contributed by atoms with Crippen LogP contribution in [0.1, 0.15) is 44.5 Å². The third-order valence-electron chi connectivity index (χ3n) is 3.64. The first-order valence-electron chi connectivity index (χ1n) is 6.78. The summed E-state index contributed by atoms with van der Waals surface area (Å²) >= 11 is 1.59. The molecule has 1 atom stereocenters. The molecule has 0 N–H and O–H groups in total. The van der Waals surface area contributed by atoms with E-state index in [1.807, 2.05) is 20.8 Å². The molecule has 112 valence electrons. The van der Waals surface area contributed by atoms with E-state index in [-0.39, 0.29) is 17.8 Å². The summed E-state index contributed by atoms with van der Waals surface area (Å²) in [5.41, 5.74) is 1.85. The molecule has 5 heteroatoms. The maximum atomic E-state index is 13.6. The summed E-state index contributed by atoms with van der Waals surface area (Å²) in [5, 5.41) is 0.983. The second-order valence-electron chi connectivity index (χ2n) is 5.24. The summed E-state index contributed by atoms with van der Waals surface area (Å²) in [6, 6.07) is 4.50. The highest BCUT2D eigenvalue weighted by Crippen LogP contribution is 2.29. The zero-order valence-electron chi connectivity index (χ0n) is 12.9. The first-order chi connectivity index (χ1) is 9.81. The summed E-state index contributed by atoms with van der Waals surface area (Å²) in [6.45, 7) is 7.53. The van der Waals surface area contributed by atoms with Crippen molar-refractivity contribution in [2.45, 2.75) is 33.7 Å². The van der Waals surface area contributed by atoms with E-state index < -0.39 is 0 Å². The van der Waals surface area contributed by atoms with Crippen molar-refractivity contribution in [3.8, 4) is 0 Å². The Morgan fingerprint density at radius 3 is 2.52 bits per heavy atom. The zero-order chi connectivity index (χ0) is 15.7. The molecule has 0 fully saturated rings. The normalized spacial score (nSPS) is 12.3. The van der Waals surface area contributed by atoms with E-state index in [0.29, 0.717) is 11.1 Å². The van der Waals surface area contributed by atoms with E-state index in [2.05, 4.69) is 4.98 Å². The van der Waals surface area contributed by atoms with Crippen LogP contribution in [0.3, 0.4) is 0 Å². The van der Waals surface area contributed by atoms with E-state index in [0.717, 1.165) is 15.6 Å². The average molecular weight is 306 g/mol. The Kier molecular flexibility index (Phi) is 4.42. The number of hydrogen-bond donors (Lipinski definition) is 0. The number of carbonyl (C=O) groups excluding carboxylic acids is 1. The van der Waals surface area contributed by atoms with Gasteiger partial charge < -0.3 is 4.90 Å². The molecule has 1 heterocycles. The van der Waals surface area contributed by atoms with Gasteiger partial charge in [0.1, 0.15) is 5.82 Å². The van der Waals surface area contributed by atoms with Gasteiger partial charge >= 0.3 is 0 Å². The fraction of sp³-hybridized carbons (Fsp3) is 0.375. The van der Waals surface area contributed by atoms with Crippen LogP contribution in [-0.4, -0.2) is 22.8 Å². The number of amides is 1. The van der Waals surface area contributed by atoms with Gasteiger partial charge in [0.05, 0.1) is 16.7 Å². The van der Waals surface area contributed by atoms with Crippen LogP contribution < -0.4 is 0 Å². The fourth-order valence-corrected chi connectivity index (χ4v) is 3.24. The summed E-state index contributed by atoms with van der Waals surface area (Å²) in [4.78, 5) is 19.6. The Balaban J connectivity index is 2.26. The van der Waals surface area contributed by atoms with E-state index in [4.69, 9.17) is 0 Å². The van der Waals surface area contributed by atoms with Gasteiger partial charge in [0.2, 0.25) is 0 Å². The molecule has 0 saturated carbocycles. The predicted molar refractivity (Wildman–Crippen MR) is 83.2 cm³/mol. The number of halogens is 1. The third kappa shape index (κ3) is 3.13. The molecule has 0 radical (unpaired) electrons. The topological polar surface area (TPSA) is 33.2 Å². The molecule has 2 aromatic rings. The van der Waals surface area contributed by atoms with Gasteiger partial charge in [-0.2, -0.15) is 0 Å². The lowest BCUT2D eigenvalue weighted by Gasteiger charge is -2.24. The van der Waals surface area contributed by atoms with Gasteiger partial charge in [0.25, 0.3) is 5.91 Å². The van der Waals surface area contributed by atoms with Gasteiger partial charge in [-0.3, -0.25) is 4.79 Å². The molecule has 2 rings (SSSR count). The molecule has 0 bridgehead atoms. The van der Waals surface area contributed by atoms with Crippen molar-refractivity contribution in [3.63, 3.8) is 0 Å². The van der Waals surface area contributed by atoms with Crippen molar-refractivity contribution in [2.24, 2.45) is 0 Å². The molecule has 0 spiro atoms. The van der Waals surface area contributed by atoms with Crippen LogP contribution in [0, 0.1) is 26.6 Å². The maximum Gasteiger partial charge on any atom is 0.254 e. The summed E-state index contributed by atoms with van der Waals surface area (Å²) in [6.07, 6.45) is 0. The smallest absolute Gasteiger partial charge is 0.254 e. The van der Waals surface area contributed by atoms with Gasteiger partial charge in [0.15, 0.2) is 0 Å². The number of hydrogen-bond acceptors (Lipinski definition) is 3. The SMILES string of the molecule is Cc1nc(C)c(C(C)N(C)C(=O)c2ccc(C)c(F)c2)s1. The van der Waals surface area contributed by atoms with Crippen LogP contribution >= 0.6 is 11.3 Å². The first-order valence-corrected chi connectivity index (χ1v) is 7.60. The first kappa shape index (κ1) is 15.6. The van der Waals surface area contributed by atoms with Crippen molar-refractivity contribution in [3.05, 3.63) is 50.7 Å². The van der Waals surface area contributed by atoms with Gasteiger partial charge in [-0.05, 0) is 45.4 Å². The van der Waals surface area contributed by atoms with Crippen LogP contribution in [0.5, 0.6) is 0 Å². The van der Waals surface area contributed by atoms with Gasteiger partial charge in [0, 0.05) is 17.5 Å². The molecule has 1 amide bonds. The Morgan fingerprint density at radius 2 is 2.00 bits per heavy atom. The van der Waals surface area contributed by atoms with Gasteiger partial charge in [-0.15, -0.1) is 11.3 Å². The van der Waals surface area contributed by atoms with Gasteiger partial charge in [-0.1, -0.05) is 6.07 Å². The van der Waals surface area contributed by atoms with Crippen LogP contribution in [0.2, 0.25) is 0 Å². The number of rotatable bonds is 3. The van der Waals surface area contributed by atoms with E-state index in [1.165, 1.54) is 6.07 Å². The standard InChI is InChI=1S/C16H19FN2OS/c1-9-6-7-13(8-14(9)17)16(20)19(5)11(3)15-10(2)18-12(4)21-15/h6-8,11H,1-5H3. The Hall–Kier alpha value is -1.75. The summed E-state index contributed by atoms with van der Waals surface area (Å²) < 4.78 is 13.6. The molecular weight excluding hydrogens is 287 g/mol. The molecule has 3 nitrogen and oxygen atoms in total. The summed E-state index contributed by atoms with van der Waals surface area (Å²) in [7, 11) is 1.74. The second-order valence-corrected chi connectivity index (χ2v) is 6.47. The largest absolute Gasteiger partial charge is 0.334 e. The molecule has 0 aliphatic heterocycles. The number of aromatic nitrogens is 1. The molecular formula is C16H19FN2OS. The Labute approximate surface area is 128 Å². The van der Waals surface area contributed by atoms with E-state index in [9.17, 15) is 9.18 Å². The molecule has 0 aliphatic carbocycles. The second kappa shape index (κ2) is 5.93. The number of nitrogens with zero attached hydrogens (tertiary/aromatic N) is 2. The maximum absolute atomic E-state index is 13.6. The Morgan fingerprint density at radius 1 is 1.33 bits per heavy atom. The number of thiazole rings is 1. The quantitative estimate of drug-likeness (QED) is 0.857. The van der Waals surface area contributed by atoms with Crippen molar-refractivity contribution in [1.29, 1.82) is 0 Å². The van der Waals surface area contributed by atoms with Crippen molar-refractivity contribution >= 4 is 17.2 Å². The lowest BCUT2D eigenvalue weighted by molar-refractivity contribution is 0.0744. The van der Waals surface area contributed by atoms with Crippen molar-refractivity contribution in [1.82, 2.24) is 9.88 Å². The van der Waals surface area contributed by atoms with Gasteiger partial charge in [-0.25, -0.2) is 9.37 Å². The minimum Gasteiger partial charge on any atom is -0.334 e. The minimum absolute atomic E-state index is 0.0898. The third-order valence-corrected chi connectivity index (χ3v) is 4.88. The summed E-state index contributed by atoms with van der Waals surface area (Å²) in [5.74, 6) is -0.543. The fourth-order valence-electron chi connectivity index (χ4n) is 2.22. The zero-order valence-corrected chi connectivity index (χ0v) is 13.7. The van der Waals surface area contributed by atoms with Crippen LogP contribution in [0.25, 0.3) is 0 Å². The van der Waals surface area contributed by atoms with E-state index in [1.54, 1.807) is 42.3 Å². The number of aryl methyl sites for hydroxylation is 3. The average Bonchev–Trinajstić information content (AvgIpc) is 2.78. The highest BCUT2D eigenvalue weighted by molar-refractivity contribution is 7.11. The lowest BCUT2D eigenvalue weighted by Crippen LogP contribution is -2.29. The molecule has 1 aromatic carbocycles. The molecule has 1 aromatic heterocycles. The molecule has 1 unspecified atom stereocenters. The molecule has 21 heavy (non-hydrogen) atoms.